The van der Waals surface area contributed by atoms with Crippen LogP contribution in [0.5, 0.6) is 0 Å². The van der Waals surface area contributed by atoms with E-state index in [-0.39, 0.29) is 0 Å². The van der Waals surface area contributed by atoms with E-state index >= 15 is 0 Å². The zero-order valence-corrected chi connectivity index (χ0v) is 30.4. The van der Waals surface area contributed by atoms with Crippen molar-refractivity contribution in [1.82, 2.24) is 0 Å². The van der Waals surface area contributed by atoms with Gasteiger partial charge in [-0.15, -0.1) is 11.3 Å². The summed E-state index contributed by atoms with van der Waals surface area (Å²) in [5.41, 5.74) is 12.9. The Balaban J connectivity index is 1.07. The van der Waals surface area contributed by atoms with Gasteiger partial charge in [-0.25, -0.2) is 0 Å². The third-order valence-electron chi connectivity index (χ3n) is 10.5. The molecule has 54 heavy (non-hydrogen) atoms. The lowest BCUT2D eigenvalue weighted by Gasteiger charge is -2.27. The maximum atomic E-state index is 2.37. The van der Waals surface area contributed by atoms with Gasteiger partial charge in [0.1, 0.15) is 0 Å². The molecule has 10 aromatic rings. The standard InChI is InChI=1S/C52H35NS/c1-4-12-36(13-5-1)37-22-26-44(27-23-37)53(46-30-31-47(39-14-6-2-7-15-39)49(35-46)40-16-8-3-9-17-40)45-28-24-38(25-29-45)41-20-21-42-34-52-50(33-43(42)32-41)48-18-10-11-19-51(48)54-52/h1-35H. The van der Waals surface area contributed by atoms with Gasteiger partial charge in [0, 0.05) is 37.2 Å². The summed E-state index contributed by atoms with van der Waals surface area (Å²) in [6.45, 7) is 0. The maximum absolute atomic E-state index is 2.37. The van der Waals surface area contributed by atoms with Crippen molar-refractivity contribution in [3.05, 3.63) is 212 Å². The zero-order valence-electron chi connectivity index (χ0n) is 29.6. The number of rotatable bonds is 7. The topological polar surface area (TPSA) is 3.24 Å². The van der Waals surface area contributed by atoms with Crippen molar-refractivity contribution in [2.24, 2.45) is 0 Å². The smallest absolute Gasteiger partial charge is 0.0468 e. The van der Waals surface area contributed by atoms with Crippen molar-refractivity contribution >= 4 is 59.3 Å². The van der Waals surface area contributed by atoms with Crippen molar-refractivity contribution in [2.75, 3.05) is 4.90 Å². The highest BCUT2D eigenvalue weighted by Crippen LogP contribution is 2.42. The number of hydrogen-bond acceptors (Lipinski definition) is 2. The van der Waals surface area contributed by atoms with Gasteiger partial charge in [0.25, 0.3) is 0 Å². The van der Waals surface area contributed by atoms with Gasteiger partial charge >= 0.3 is 0 Å². The number of benzene rings is 9. The fourth-order valence-corrected chi connectivity index (χ4v) is 8.87. The van der Waals surface area contributed by atoms with Crippen LogP contribution in [0.25, 0.3) is 75.5 Å². The summed E-state index contributed by atoms with van der Waals surface area (Å²) in [6.07, 6.45) is 0. The Labute approximate surface area is 319 Å². The first-order chi connectivity index (χ1) is 26.7. The predicted molar refractivity (Wildman–Crippen MR) is 233 cm³/mol. The molecule has 0 aliphatic carbocycles. The number of hydrogen-bond donors (Lipinski definition) is 0. The van der Waals surface area contributed by atoms with Gasteiger partial charge in [0.15, 0.2) is 0 Å². The van der Waals surface area contributed by atoms with Gasteiger partial charge in [0.2, 0.25) is 0 Å². The molecule has 0 saturated heterocycles. The van der Waals surface area contributed by atoms with Crippen LogP contribution in [0.15, 0.2) is 212 Å². The number of nitrogens with zero attached hydrogens (tertiary/aromatic N) is 1. The summed E-state index contributed by atoms with van der Waals surface area (Å²) in [4.78, 5) is 2.37. The van der Waals surface area contributed by atoms with Gasteiger partial charge in [-0.1, -0.05) is 152 Å². The van der Waals surface area contributed by atoms with E-state index < -0.39 is 0 Å². The lowest BCUT2D eigenvalue weighted by Crippen LogP contribution is -2.10. The van der Waals surface area contributed by atoms with Crippen LogP contribution in [0.2, 0.25) is 0 Å². The second-order valence-corrected chi connectivity index (χ2v) is 14.8. The van der Waals surface area contributed by atoms with Gasteiger partial charge in [0.05, 0.1) is 0 Å². The van der Waals surface area contributed by atoms with Gasteiger partial charge in [-0.2, -0.15) is 0 Å². The van der Waals surface area contributed by atoms with E-state index in [9.17, 15) is 0 Å². The summed E-state index contributed by atoms with van der Waals surface area (Å²) in [7, 11) is 0. The molecular weight excluding hydrogens is 671 g/mol. The average molecular weight is 706 g/mol. The molecule has 0 aliphatic heterocycles. The highest BCUT2D eigenvalue weighted by atomic mass is 32.1. The summed E-state index contributed by atoms with van der Waals surface area (Å²) >= 11 is 1.87. The first-order valence-corrected chi connectivity index (χ1v) is 19.2. The number of anilines is 3. The van der Waals surface area contributed by atoms with E-state index in [4.69, 9.17) is 0 Å². The molecule has 1 heterocycles. The molecule has 0 amide bonds. The molecule has 10 rings (SSSR count). The van der Waals surface area contributed by atoms with Crippen LogP contribution in [0.3, 0.4) is 0 Å². The van der Waals surface area contributed by atoms with E-state index in [0.29, 0.717) is 0 Å². The molecule has 0 atom stereocenters. The van der Waals surface area contributed by atoms with Crippen LogP contribution in [-0.4, -0.2) is 0 Å². The van der Waals surface area contributed by atoms with Crippen LogP contribution in [-0.2, 0) is 0 Å². The molecule has 0 fully saturated rings. The maximum Gasteiger partial charge on any atom is 0.0468 e. The molecule has 0 N–H and O–H groups in total. The molecule has 0 radical (unpaired) electrons. The highest BCUT2D eigenvalue weighted by Gasteiger charge is 2.17. The van der Waals surface area contributed by atoms with Crippen molar-refractivity contribution in [3.8, 4) is 44.5 Å². The van der Waals surface area contributed by atoms with Crippen molar-refractivity contribution in [3.63, 3.8) is 0 Å². The summed E-state index contributed by atoms with van der Waals surface area (Å²) in [5, 5.41) is 5.20. The Morgan fingerprint density at radius 3 is 1.46 bits per heavy atom. The minimum atomic E-state index is 1.10. The second-order valence-electron chi connectivity index (χ2n) is 13.8. The fourth-order valence-electron chi connectivity index (χ4n) is 7.73. The molecule has 254 valence electrons. The average Bonchev–Trinajstić information content (AvgIpc) is 3.61. The van der Waals surface area contributed by atoms with Crippen LogP contribution < -0.4 is 4.90 Å². The third-order valence-corrected chi connectivity index (χ3v) is 11.6. The molecular formula is C52H35NS. The van der Waals surface area contributed by atoms with E-state index in [2.05, 4.69) is 217 Å². The predicted octanol–water partition coefficient (Wildman–Crippen LogP) is 15.3. The molecule has 0 spiro atoms. The molecule has 1 aromatic heterocycles. The molecule has 0 aliphatic rings. The molecule has 0 bridgehead atoms. The molecule has 0 saturated carbocycles. The summed E-state index contributed by atoms with van der Waals surface area (Å²) in [5.74, 6) is 0. The van der Waals surface area contributed by atoms with Crippen LogP contribution in [0.1, 0.15) is 0 Å². The molecule has 1 nitrogen and oxygen atoms in total. The Morgan fingerprint density at radius 1 is 0.278 bits per heavy atom. The van der Waals surface area contributed by atoms with E-state index in [1.54, 1.807) is 0 Å². The first-order valence-electron chi connectivity index (χ1n) is 18.4. The lowest BCUT2D eigenvalue weighted by atomic mass is 9.93. The molecule has 0 unspecified atom stereocenters. The van der Waals surface area contributed by atoms with E-state index in [1.807, 2.05) is 11.3 Å². The van der Waals surface area contributed by atoms with Crippen molar-refractivity contribution < 1.29 is 0 Å². The zero-order chi connectivity index (χ0) is 35.8. The van der Waals surface area contributed by atoms with Gasteiger partial charge in [-0.3, -0.25) is 0 Å². The monoisotopic (exact) mass is 705 g/mol. The van der Waals surface area contributed by atoms with Gasteiger partial charge < -0.3 is 4.90 Å². The summed E-state index contributed by atoms with van der Waals surface area (Å²) < 4.78 is 2.67. The highest BCUT2D eigenvalue weighted by molar-refractivity contribution is 7.25. The van der Waals surface area contributed by atoms with Crippen LogP contribution in [0.4, 0.5) is 17.1 Å². The van der Waals surface area contributed by atoms with E-state index in [1.165, 1.54) is 75.5 Å². The second kappa shape index (κ2) is 13.7. The quantitative estimate of drug-likeness (QED) is 0.160. The fraction of sp³-hybridized carbons (Fsp3) is 0. The van der Waals surface area contributed by atoms with E-state index in [0.717, 1.165) is 17.1 Å². The largest absolute Gasteiger partial charge is 0.310 e. The van der Waals surface area contributed by atoms with Crippen LogP contribution >= 0.6 is 11.3 Å². The van der Waals surface area contributed by atoms with Crippen LogP contribution in [0, 0.1) is 0 Å². The Morgan fingerprint density at radius 2 is 0.796 bits per heavy atom. The van der Waals surface area contributed by atoms with Crippen molar-refractivity contribution in [2.45, 2.75) is 0 Å². The molecule has 9 aromatic carbocycles. The first kappa shape index (κ1) is 32.0. The van der Waals surface area contributed by atoms with Crippen molar-refractivity contribution in [1.29, 1.82) is 0 Å². The lowest BCUT2D eigenvalue weighted by molar-refractivity contribution is 1.28. The number of thiophene rings is 1. The third kappa shape index (κ3) is 5.93. The summed E-state index contributed by atoms with van der Waals surface area (Å²) in [6, 6.07) is 77.1. The Bertz CT molecular complexity index is 2890. The minimum absolute atomic E-state index is 1.10. The SMILES string of the molecule is c1ccc(-c2ccc(N(c3ccc(-c4ccc5cc6sc7ccccc7c6cc5c4)cc3)c3ccc(-c4ccccc4)c(-c4ccccc4)c3)cc2)cc1. The Hall–Kier alpha value is -6.74. The molecule has 2 heteroatoms. The minimum Gasteiger partial charge on any atom is -0.310 e. The number of fused-ring (bicyclic) bond motifs is 4. The van der Waals surface area contributed by atoms with Gasteiger partial charge in [-0.05, 0) is 116 Å². The Kier molecular flexibility index (Phi) is 8.09. The normalized spacial score (nSPS) is 11.3.